The zero-order chi connectivity index (χ0) is 28.5. The summed E-state index contributed by atoms with van der Waals surface area (Å²) in [6.07, 6.45) is 5.07. The first kappa shape index (κ1) is 29.9. The van der Waals surface area contributed by atoms with Crippen molar-refractivity contribution in [2.45, 2.75) is 56.0 Å². The van der Waals surface area contributed by atoms with Crippen molar-refractivity contribution in [3.63, 3.8) is 0 Å². The fourth-order valence-corrected chi connectivity index (χ4v) is 7.43. The molecule has 0 bridgehead atoms. The average molecular weight is 587 g/mol. The molecule has 0 N–H and O–H groups in total. The number of ether oxygens (including phenoxy) is 3. The van der Waals surface area contributed by atoms with Gasteiger partial charge in [-0.3, -0.25) is 4.79 Å². The summed E-state index contributed by atoms with van der Waals surface area (Å²) in [5.74, 6) is 1.64. The summed E-state index contributed by atoms with van der Waals surface area (Å²) in [6, 6.07) is 15.8. The molecule has 1 fully saturated rings. The fraction of sp³-hybridized carbons (Fsp3) is 0.433. The van der Waals surface area contributed by atoms with E-state index in [2.05, 4.69) is 0 Å². The van der Waals surface area contributed by atoms with Gasteiger partial charge in [0.25, 0.3) is 0 Å². The molecule has 0 saturated heterocycles. The van der Waals surface area contributed by atoms with E-state index in [1.165, 1.54) is 4.31 Å². The Balaban J connectivity index is 1.58. The summed E-state index contributed by atoms with van der Waals surface area (Å²) >= 11 is 1.58. The van der Waals surface area contributed by atoms with Crippen LogP contribution in [0.3, 0.4) is 0 Å². The van der Waals surface area contributed by atoms with Gasteiger partial charge in [0.1, 0.15) is 5.75 Å². The molecule has 10 heteroatoms. The molecule has 8 nitrogen and oxygen atoms in total. The maximum absolute atomic E-state index is 13.9. The number of hydrogen-bond acceptors (Lipinski definition) is 7. The van der Waals surface area contributed by atoms with Crippen LogP contribution in [-0.4, -0.2) is 64.0 Å². The molecule has 0 spiro atoms. The van der Waals surface area contributed by atoms with Crippen molar-refractivity contribution in [3.05, 3.63) is 70.4 Å². The van der Waals surface area contributed by atoms with E-state index in [0.717, 1.165) is 42.5 Å². The van der Waals surface area contributed by atoms with Gasteiger partial charge in [0.2, 0.25) is 15.9 Å². The number of carbonyl (C=O) groups excluding carboxylic acids is 1. The quantitative estimate of drug-likeness (QED) is 0.268. The highest BCUT2D eigenvalue weighted by atomic mass is 32.2. The van der Waals surface area contributed by atoms with Gasteiger partial charge in [-0.05, 0) is 72.7 Å². The smallest absolute Gasteiger partial charge is 0.243 e. The number of methoxy groups -OCH3 is 3. The molecule has 40 heavy (non-hydrogen) atoms. The summed E-state index contributed by atoms with van der Waals surface area (Å²) in [5.41, 5.74) is 0.997. The Morgan fingerprint density at radius 2 is 1.65 bits per heavy atom. The Hall–Kier alpha value is -3.08. The van der Waals surface area contributed by atoms with Crippen molar-refractivity contribution in [3.8, 4) is 17.2 Å². The van der Waals surface area contributed by atoms with Crippen molar-refractivity contribution in [2.24, 2.45) is 0 Å². The fourth-order valence-electron chi connectivity index (χ4n) is 5.08. The van der Waals surface area contributed by atoms with E-state index in [1.54, 1.807) is 61.8 Å². The van der Waals surface area contributed by atoms with Crippen LogP contribution in [0.4, 0.5) is 0 Å². The second-order valence-electron chi connectivity index (χ2n) is 9.85. The van der Waals surface area contributed by atoms with Crippen LogP contribution < -0.4 is 14.2 Å². The topological polar surface area (TPSA) is 85.4 Å². The second-order valence-corrected chi connectivity index (χ2v) is 12.8. The summed E-state index contributed by atoms with van der Waals surface area (Å²) in [5, 5.41) is 1.98. The zero-order valence-corrected chi connectivity index (χ0v) is 25.0. The molecule has 3 aromatic rings. The second kappa shape index (κ2) is 14.0. The van der Waals surface area contributed by atoms with E-state index >= 15 is 0 Å². The van der Waals surface area contributed by atoms with Crippen LogP contribution in [0.1, 0.15) is 42.5 Å². The van der Waals surface area contributed by atoms with Gasteiger partial charge in [-0.25, -0.2) is 8.42 Å². The number of nitrogens with zero attached hydrogens (tertiary/aromatic N) is 2. The number of benzene rings is 2. The number of hydrogen-bond donors (Lipinski definition) is 0. The van der Waals surface area contributed by atoms with Crippen LogP contribution in [0.2, 0.25) is 0 Å². The van der Waals surface area contributed by atoms with Gasteiger partial charge >= 0.3 is 0 Å². The normalized spacial score (nSPS) is 14.2. The van der Waals surface area contributed by atoms with Gasteiger partial charge in [-0.2, -0.15) is 4.31 Å². The lowest BCUT2D eigenvalue weighted by Gasteiger charge is -2.34. The number of amides is 1. The monoisotopic (exact) mass is 586 g/mol. The Labute approximate surface area is 241 Å². The van der Waals surface area contributed by atoms with E-state index in [4.69, 9.17) is 14.2 Å². The van der Waals surface area contributed by atoms with Gasteiger partial charge < -0.3 is 19.1 Å². The van der Waals surface area contributed by atoms with E-state index in [1.807, 2.05) is 35.7 Å². The summed E-state index contributed by atoms with van der Waals surface area (Å²) in [6.45, 7) is 0.661. The van der Waals surface area contributed by atoms with Crippen LogP contribution in [0.5, 0.6) is 17.2 Å². The van der Waals surface area contributed by atoms with Gasteiger partial charge in [-0.1, -0.05) is 31.4 Å². The summed E-state index contributed by atoms with van der Waals surface area (Å²) in [4.78, 5) is 16.9. The third-order valence-electron chi connectivity index (χ3n) is 7.34. The minimum Gasteiger partial charge on any atom is -0.497 e. The van der Waals surface area contributed by atoms with Crippen LogP contribution >= 0.6 is 11.3 Å². The largest absolute Gasteiger partial charge is 0.497 e. The number of sulfonamides is 1. The first-order chi connectivity index (χ1) is 19.3. The maximum Gasteiger partial charge on any atom is 0.243 e. The highest BCUT2D eigenvalue weighted by Crippen LogP contribution is 2.30. The molecule has 0 atom stereocenters. The molecule has 0 aliphatic heterocycles. The Morgan fingerprint density at radius 3 is 2.27 bits per heavy atom. The Bertz CT molecular complexity index is 1340. The number of carbonyl (C=O) groups is 1. The van der Waals surface area contributed by atoms with Gasteiger partial charge in [0.15, 0.2) is 11.5 Å². The van der Waals surface area contributed by atoms with Crippen molar-refractivity contribution in [1.29, 1.82) is 0 Å². The molecular weight excluding hydrogens is 548 g/mol. The molecule has 1 aromatic heterocycles. The minimum absolute atomic E-state index is 0.168. The average Bonchev–Trinajstić information content (AvgIpc) is 3.51. The molecular formula is C30H38N2O6S2. The molecule has 1 aliphatic rings. The number of rotatable bonds is 13. The predicted molar refractivity (Wildman–Crippen MR) is 157 cm³/mol. The molecule has 216 valence electrons. The lowest BCUT2D eigenvalue weighted by Crippen LogP contribution is -2.48. The molecule has 1 aliphatic carbocycles. The molecule has 2 aromatic carbocycles. The SMILES string of the molecule is COc1ccc(S(=O)(=O)N(CC(=O)N(CCc2ccc(OC)c(OC)c2)Cc2cccs2)C2CCCCC2)cc1. The van der Waals surface area contributed by atoms with E-state index in [-0.39, 0.29) is 23.4 Å². The van der Waals surface area contributed by atoms with Crippen LogP contribution in [0, 0.1) is 0 Å². The van der Waals surface area contributed by atoms with E-state index < -0.39 is 10.0 Å². The Morgan fingerprint density at radius 1 is 0.925 bits per heavy atom. The highest BCUT2D eigenvalue weighted by molar-refractivity contribution is 7.89. The summed E-state index contributed by atoms with van der Waals surface area (Å²) < 4.78 is 45.3. The lowest BCUT2D eigenvalue weighted by molar-refractivity contribution is -0.132. The molecule has 1 amide bonds. The van der Waals surface area contributed by atoms with Crippen molar-refractivity contribution >= 4 is 27.3 Å². The van der Waals surface area contributed by atoms with Crippen molar-refractivity contribution in [1.82, 2.24) is 9.21 Å². The molecule has 0 unspecified atom stereocenters. The third-order valence-corrected chi connectivity index (χ3v) is 10.1. The first-order valence-corrected chi connectivity index (χ1v) is 15.8. The van der Waals surface area contributed by atoms with E-state index in [0.29, 0.717) is 36.8 Å². The predicted octanol–water partition coefficient (Wildman–Crippen LogP) is 5.37. The zero-order valence-electron chi connectivity index (χ0n) is 23.4. The van der Waals surface area contributed by atoms with E-state index in [9.17, 15) is 13.2 Å². The molecule has 4 rings (SSSR count). The highest BCUT2D eigenvalue weighted by Gasteiger charge is 2.35. The van der Waals surface area contributed by atoms with Crippen molar-refractivity contribution in [2.75, 3.05) is 34.4 Å². The molecule has 1 saturated carbocycles. The van der Waals surface area contributed by atoms with Crippen LogP contribution in [0.25, 0.3) is 0 Å². The van der Waals surface area contributed by atoms with Crippen molar-refractivity contribution < 1.29 is 27.4 Å². The van der Waals surface area contributed by atoms with Crippen LogP contribution in [0.15, 0.2) is 64.9 Å². The van der Waals surface area contributed by atoms with Crippen LogP contribution in [-0.2, 0) is 27.8 Å². The minimum atomic E-state index is -3.90. The van der Waals surface area contributed by atoms with Gasteiger partial charge in [-0.15, -0.1) is 11.3 Å². The standard InChI is InChI=1S/C30H38N2O6S2/c1-36-25-12-14-27(15-13-25)40(34,35)32(24-8-5-4-6-9-24)22-30(33)31(21-26-10-7-19-39-26)18-17-23-11-16-28(37-2)29(20-23)38-3/h7,10-16,19-20,24H,4-6,8-9,17-18,21-22H2,1-3H3. The Kier molecular flexibility index (Phi) is 10.5. The molecule has 1 heterocycles. The number of thiophene rings is 1. The maximum atomic E-state index is 13.9. The lowest BCUT2D eigenvalue weighted by atomic mass is 9.95. The molecule has 0 radical (unpaired) electrons. The van der Waals surface area contributed by atoms with Gasteiger partial charge in [0.05, 0.1) is 39.3 Å². The summed E-state index contributed by atoms with van der Waals surface area (Å²) in [7, 11) is 0.834. The first-order valence-electron chi connectivity index (χ1n) is 13.5. The van der Waals surface area contributed by atoms with Gasteiger partial charge in [0, 0.05) is 17.5 Å². The third kappa shape index (κ3) is 7.35.